The van der Waals surface area contributed by atoms with Crippen molar-refractivity contribution in [2.45, 2.75) is 19.9 Å². The minimum atomic E-state index is 0.538. The van der Waals surface area contributed by atoms with Crippen molar-refractivity contribution in [3.05, 3.63) is 47.8 Å². The molecule has 0 atom stereocenters. The van der Waals surface area contributed by atoms with E-state index in [1.54, 1.807) is 12.4 Å². The topological polar surface area (TPSA) is 73.1 Å². The van der Waals surface area contributed by atoms with Crippen LogP contribution in [-0.4, -0.2) is 23.1 Å². The van der Waals surface area contributed by atoms with Gasteiger partial charge in [-0.3, -0.25) is 4.98 Å². The van der Waals surface area contributed by atoms with Gasteiger partial charge in [-0.25, -0.2) is 0 Å². The summed E-state index contributed by atoms with van der Waals surface area (Å²) in [6.45, 7) is 3.88. The summed E-state index contributed by atoms with van der Waals surface area (Å²) in [7, 11) is 0. The second kappa shape index (κ2) is 7.45. The van der Waals surface area contributed by atoms with Gasteiger partial charge in [-0.05, 0) is 31.0 Å². The summed E-state index contributed by atoms with van der Waals surface area (Å²) in [5.74, 6) is 1.25. The Labute approximate surface area is 119 Å². The van der Waals surface area contributed by atoms with Gasteiger partial charge in [0.1, 0.15) is 5.82 Å². The number of rotatable bonds is 7. The van der Waals surface area contributed by atoms with Gasteiger partial charge in [0.15, 0.2) is 0 Å². The fraction of sp³-hybridized carbons (Fsp3) is 0.333. The van der Waals surface area contributed by atoms with Gasteiger partial charge < -0.3 is 15.8 Å². The van der Waals surface area contributed by atoms with Gasteiger partial charge in [0.2, 0.25) is 5.88 Å². The maximum Gasteiger partial charge on any atom is 0.234 e. The molecule has 2 aromatic rings. The van der Waals surface area contributed by atoms with Crippen LogP contribution in [0.15, 0.2) is 36.7 Å². The highest BCUT2D eigenvalue weighted by molar-refractivity contribution is 5.35. The molecule has 2 rings (SSSR count). The van der Waals surface area contributed by atoms with Crippen molar-refractivity contribution in [1.82, 2.24) is 9.97 Å². The Hall–Kier alpha value is -2.14. The normalized spacial score (nSPS) is 10.3. The third kappa shape index (κ3) is 4.20. The molecule has 1 aromatic heterocycles. The van der Waals surface area contributed by atoms with E-state index in [9.17, 15) is 0 Å². The summed E-state index contributed by atoms with van der Waals surface area (Å²) >= 11 is 0. The van der Waals surface area contributed by atoms with Crippen molar-refractivity contribution in [3.8, 4) is 5.88 Å². The average molecular weight is 272 g/mol. The van der Waals surface area contributed by atoms with Crippen LogP contribution in [0.1, 0.15) is 18.1 Å². The summed E-state index contributed by atoms with van der Waals surface area (Å²) in [6.07, 6.45) is 4.21. The maximum atomic E-state index is 5.53. The summed E-state index contributed by atoms with van der Waals surface area (Å²) in [5, 5.41) is 3.23. The molecule has 1 heterocycles. The van der Waals surface area contributed by atoms with Crippen LogP contribution in [0.5, 0.6) is 5.88 Å². The molecule has 1 aromatic carbocycles. The Morgan fingerprint density at radius 2 is 1.90 bits per heavy atom. The predicted molar refractivity (Wildman–Crippen MR) is 79.7 cm³/mol. The number of anilines is 1. The molecule has 0 bridgehead atoms. The second-order valence-corrected chi connectivity index (χ2v) is 4.38. The maximum absolute atomic E-state index is 5.53. The van der Waals surface area contributed by atoms with Crippen LogP contribution in [-0.2, 0) is 13.0 Å². The van der Waals surface area contributed by atoms with Crippen molar-refractivity contribution in [2.24, 2.45) is 5.73 Å². The molecule has 0 aliphatic carbocycles. The number of benzene rings is 1. The Morgan fingerprint density at radius 1 is 1.15 bits per heavy atom. The van der Waals surface area contributed by atoms with E-state index in [4.69, 9.17) is 10.5 Å². The highest BCUT2D eigenvalue weighted by Crippen LogP contribution is 2.11. The van der Waals surface area contributed by atoms with Gasteiger partial charge in [-0.1, -0.05) is 24.3 Å². The fourth-order valence-corrected chi connectivity index (χ4v) is 1.83. The van der Waals surface area contributed by atoms with E-state index < -0.39 is 0 Å². The Bertz CT molecular complexity index is 528. The summed E-state index contributed by atoms with van der Waals surface area (Å²) < 4.78 is 5.32. The van der Waals surface area contributed by atoms with Crippen LogP contribution in [0.2, 0.25) is 0 Å². The van der Waals surface area contributed by atoms with Gasteiger partial charge in [0.25, 0.3) is 0 Å². The van der Waals surface area contributed by atoms with Crippen LogP contribution >= 0.6 is 0 Å². The van der Waals surface area contributed by atoms with E-state index >= 15 is 0 Å². The highest BCUT2D eigenvalue weighted by Gasteiger charge is 1.99. The second-order valence-electron chi connectivity index (χ2n) is 4.38. The lowest BCUT2D eigenvalue weighted by atomic mass is 10.1. The van der Waals surface area contributed by atoms with Crippen LogP contribution in [0.3, 0.4) is 0 Å². The Morgan fingerprint density at radius 3 is 2.60 bits per heavy atom. The quantitative estimate of drug-likeness (QED) is 0.806. The van der Waals surface area contributed by atoms with E-state index in [0.717, 1.165) is 6.42 Å². The zero-order chi connectivity index (χ0) is 14.2. The van der Waals surface area contributed by atoms with E-state index in [2.05, 4.69) is 39.6 Å². The third-order valence-corrected chi connectivity index (χ3v) is 2.83. The summed E-state index contributed by atoms with van der Waals surface area (Å²) in [4.78, 5) is 8.40. The molecule has 0 amide bonds. The van der Waals surface area contributed by atoms with E-state index in [1.807, 2.05) is 6.92 Å². The van der Waals surface area contributed by atoms with Crippen LogP contribution < -0.4 is 15.8 Å². The van der Waals surface area contributed by atoms with E-state index in [-0.39, 0.29) is 0 Å². The molecule has 0 saturated heterocycles. The Kier molecular flexibility index (Phi) is 5.32. The molecule has 0 saturated carbocycles. The molecule has 3 N–H and O–H groups in total. The fourth-order valence-electron chi connectivity index (χ4n) is 1.83. The lowest BCUT2D eigenvalue weighted by Gasteiger charge is -2.08. The molecule has 5 heteroatoms. The lowest BCUT2D eigenvalue weighted by Crippen LogP contribution is -2.05. The monoisotopic (exact) mass is 272 g/mol. The smallest absolute Gasteiger partial charge is 0.234 e. The van der Waals surface area contributed by atoms with Gasteiger partial charge in [0.05, 0.1) is 19.0 Å². The van der Waals surface area contributed by atoms with Gasteiger partial charge in [0, 0.05) is 6.54 Å². The van der Waals surface area contributed by atoms with E-state index in [1.165, 1.54) is 11.1 Å². The summed E-state index contributed by atoms with van der Waals surface area (Å²) in [6, 6.07) is 8.40. The minimum Gasteiger partial charge on any atom is -0.477 e. The summed E-state index contributed by atoms with van der Waals surface area (Å²) in [5.41, 5.74) is 7.98. The molecule has 5 nitrogen and oxygen atoms in total. The zero-order valence-electron chi connectivity index (χ0n) is 11.7. The average Bonchev–Trinajstić information content (AvgIpc) is 2.48. The van der Waals surface area contributed by atoms with Crippen molar-refractivity contribution in [1.29, 1.82) is 0 Å². The molecular formula is C15H20N4O. The molecule has 106 valence electrons. The lowest BCUT2D eigenvalue weighted by molar-refractivity contribution is 0.325. The van der Waals surface area contributed by atoms with Crippen molar-refractivity contribution < 1.29 is 4.74 Å². The molecule has 0 aliphatic rings. The third-order valence-electron chi connectivity index (χ3n) is 2.83. The zero-order valence-corrected chi connectivity index (χ0v) is 11.7. The van der Waals surface area contributed by atoms with Crippen molar-refractivity contribution in [2.75, 3.05) is 18.5 Å². The van der Waals surface area contributed by atoms with Crippen LogP contribution in [0.4, 0.5) is 5.82 Å². The first-order valence-electron chi connectivity index (χ1n) is 6.78. The number of hydrogen-bond donors (Lipinski definition) is 2. The highest BCUT2D eigenvalue weighted by atomic mass is 16.5. The molecule has 0 aliphatic heterocycles. The van der Waals surface area contributed by atoms with Crippen LogP contribution in [0, 0.1) is 0 Å². The first-order valence-corrected chi connectivity index (χ1v) is 6.78. The SMILES string of the molecule is CCOc1cncc(NCc2ccc(CCN)cc2)n1. The first-order chi connectivity index (χ1) is 9.81. The number of nitrogens with one attached hydrogen (secondary N) is 1. The first kappa shape index (κ1) is 14.3. The number of aromatic nitrogens is 2. The standard InChI is InChI=1S/C15H20N4O/c1-2-20-15-11-17-10-14(19-15)18-9-13-5-3-12(4-6-13)7-8-16/h3-6,10-11H,2,7-9,16H2,1H3,(H,18,19). The molecule has 0 fully saturated rings. The molecule has 0 unspecified atom stereocenters. The number of nitrogens with zero attached hydrogens (tertiary/aromatic N) is 2. The van der Waals surface area contributed by atoms with Gasteiger partial charge in [-0.2, -0.15) is 4.98 Å². The van der Waals surface area contributed by atoms with Crippen molar-refractivity contribution >= 4 is 5.82 Å². The minimum absolute atomic E-state index is 0.538. The molecule has 0 radical (unpaired) electrons. The number of hydrogen-bond acceptors (Lipinski definition) is 5. The van der Waals surface area contributed by atoms with Gasteiger partial charge in [-0.15, -0.1) is 0 Å². The Balaban J connectivity index is 1.92. The van der Waals surface area contributed by atoms with Crippen LogP contribution in [0.25, 0.3) is 0 Å². The molecule has 0 spiro atoms. The number of ether oxygens (including phenoxy) is 1. The molecule has 20 heavy (non-hydrogen) atoms. The number of nitrogens with two attached hydrogens (primary N) is 1. The largest absolute Gasteiger partial charge is 0.477 e. The van der Waals surface area contributed by atoms with Gasteiger partial charge >= 0.3 is 0 Å². The predicted octanol–water partition coefficient (Wildman–Crippen LogP) is 1.99. The van der Waals surface area contributed by atoms with E-state index in [0.29, 0.717) is 31.4 Å². The van der Waals surface area contributed by atoms with Crippen molar-refractivity contribution in [3.63, 3.8) is 0 Å². The molecular weight excluding hydrogens is 252 g/mol.